The van der Waals surface area contributed by atoms with Crippen LogP contribution in [0.1, 0.15) is 5.56 Å². The van der Waals surface area contributed by atoms with E-state index in [0.717, 1.165) is 11.6 Å². The predicted molar refractivity (Wildman–Crippen MR) is 60.9 cm³/mol. The van der Waals surface area contributed by atoms with Crippen molar-refractivity contribution in [1.82, 2.24) is 0 Å². The van der Waals surface area contributed by atoms with E-state index < -0.39 is 11.6 Å². The molecule has 0 aliphatic carbocycles. The van der Waals surface area contributed by atoms with Gasteiger partial charge in [0.15, 0.2) is 0 Å². The highest BCUT2D eigenvalue weighted by Crippen LogP contribution is 2.26. The molecule has 16 heavy (non-hydrogen) atoms. The molecule has 2 N–H and O–H groups in total. The van der Waals surface area contributed by atoms with E-state index in [4.69, 9.17) is 5.73 Å². The molecule has 0 saturated carbocycles. The quantitative estimate of drug-likeness (QED) is 0.729. The zero-order chi connectivity index (χ0) is 11.7. The maximum Gasteiger partial charge on any atom is 0.149 e. The van der Waals surface area contributed by atoms with Crippen molar-refractivity contribution in [2.45, 2.75) is 6.92 Å². The molecule has 1 nitrogen and oxygen atoms in total. The summed E-state index contributed by atoms with van der Waals surface area (Å²) < 4.78 is 26.5. The van der Waals surface area contributed by atoms with Gasteiger partial charge in [-0.15, -0.1) is 0 Å². The van der Waals surface area contributed by atoms with Crippen LogP contribution >= 0.6 is 0 Å². The van der Waals surface area contributed by atoms with Crippen molar-refractivity contribution in [2.24, 2.45) is 0 Å². The Kier molecular flexibility index (Phi) is 2.60. The van der Waals surface area contributed by atoms with E-state index in [0.29, 0.717) is 11.1 Å². The molecule has 0 aliphatic heterocycles. The van der Waals surface area contributed by atoms with E-state index in [9.17, 15) is 8.78 Å². The fourth-order valence-electron chi connectivity index (χ4n) is 1.52. The lowest BCUT2D eigenvalue weighted by Crippen LogP contribution is -1.94. The average Bonchev–Trinajstić information content (AvgIpc) is 2.25. The third-order valence-corrected chi connectivity index (χ3v) is 2.45. The summed E-state index contributed by atoms with van der Waals surface area (Å²) in [5.74, 6) is -1.33. The number of hydrogen-bond donors (Lipinski definition) is 1. The van der Waals surface area contributed by atoms with Crippen molar-refractivity contribution < 1.29 is 8.78 Å². The number of nitrogen functional groups attached to an aromatic ring is 1. The van der Waals surface area contributed by atoms with Gasteiger partial charge in [0.2, 0.25) is 0 Å². The Morgan fingerprint density at radius 1 is 0.938 bits per heavy atom. The van der Waals surface area contributed by atoms with Gasteiger partial charge in [0.1, 0.15) is 11.6 Å². The van der Waals surface area contributed by atoms with Gasteiger partial charge in [-0.2, -0.15) is 0 Å². The summed E-state index contributed by atoms with van der Waals surface area (Å²) in [4.78, 5) is 0. The molecule has 0 fully saturated rings. The summed E-state index contributed by atoms with van der Waals surface area (Å²) in [7, 11) is 0. The van der Waals surface area contributed by atoms with E-state index in [1.54, 1.807) is 12.1 Å². The van der Waals surface area contributed by atoms with Gasteiger partial charge in [-0.25, -0.2) is 8.78 Å². The lowest BCUT2D eigenvalue weighted by molar-refractivity contribution is 0.588. The number of hydrogen-bond acceptors (Lipinski definition) is 1. The summed E-state index contributed by atoms with van der Waals surface area (Å²) in [6, 6.07) is 9.43. The number of anilines is 1. The van der Waals surface area contributed by atoms with Crippen molar-refractivity contribution in [3.63, 3.8) is 0 Å². The fourth-order valence-corrected chi connectivity index (χ4v) is 1.52. The molecule has 0 radical (unpaired) electrons. The monoisotopic (exact) mass is 219 g/mol. The first-order valence-electron chi connectivity index (χ1n) is 4.89. The smallest absolute Gasteiger partial charge is 0.149 e. The Morgan fingerprint density at radius 3 is 2.19 bits per heavy atom. The molecule has 0 saturated heterocycles. The molecule has 0 aromatic heterocycles. The van der Waals surface area contributed by atoms with Crippen molar-refractivity contribution in [1.29, 1.82) is 0 Å². The number of nitrogens with two attached hydrogens (primary N) is 1. The Hall–Kier alpha value is -1.90. The molecule has 3 heteroatoms. The minimum atomic E-state index is -0.728. The Balaban J connectivity index is 2.56. The van der Waals surface area contributed by atoms with Crippen LogP contribution in [0, 0.1) is 18.6 Å². The second kappa shape index (κ2) is 3.93. The van der Waals surface area contributed by atoms with Crippen LogP contribution in [-0.4, -0.2) is 0 Å². The minimum absolute atomic E-state index is 0.0445. The van der Waals surface area contributed by atoms with Crippen molar-refractivity contribution in [3.8, 4) is 11.1 Å². The Morgan fingerprint density at radius 2 is 1.56 bits per heavy atom. The first-order valence-corrected chi connectivity index (χ1v) is 4.89. The lowest BCUT2D eigenvalue weighted by atomic mass is 10.0. The van der Waals surface area contributed by atoms with E-state index >= 15 is 0 Å². The van der Waals surface area contributed by atoms with Crippen molar-refractivity contribution >= 4 is 5.69 Å². The highest BCUT2D eigenvalue weighted by molar-refractivity contribution is 5.68. The van der Waals surface area contributed by atoms with Crippen molar-refractivity contribution in [2.75, 3.05) is 5.73 Å². The zero-order valence-electron chi connectivity index (χ0n) is 8.80. The molecule has 82 valence electrons. The van der Waals surface area contributed by atoms with Gasteiger partial charge >= 0.3 is 0 Å². The van der Waals surface area contributed by atoms with Gasteiger partial charge in [0, 0.05) is 11.6 Å². The summed E-state index contributed by atoms with van der Waals surface area (Å²) in [6.07, 6.45) is 0. The molecule has 0 atom stereocenters. The molecular formula is C13H11F2N. The maximum atomic E-state index is 13.5. The molecule has 0 aliphatic rings. The van der Waals surface area contributed by atoms with Gasteiger partial charge in [-0.05, 0) is 18.6 Å². The molecule has 0 unspecified atom stereocenters. The summed E-state index contributed by atoms with van der Waals surface area (Å²) >= 11 is 0. The molecule has 2 aromatic rings. The maximum absolute atomic E-state index is 13.5. The van der Waals surface area contributed by atoms with Crippen molar-refractivity contribution in [3.05, 3.63) is 53.6 Å². The number of rotatable bonds is 1. The number of benzene rings is 2. The van der Waals surface area contributed by atoms with Crippen LogP contribution in [0.25, 0.3) is 11.1 Å². The van der Waals surface area contributed by atoms with Crippen LogP contribution < -0.4 is 5.73 Å². The van der Waals surface area contributed by atoms with Gasteiger partial charge < -0.3 is 5.73 Å². The molecular weight excluding hydrogens is 208 g/mol. The second-order valence-electron chi connectivity index (χ2n) is 3.72. The van der Waals surface area contributed by atoms with Gasteiger partial charge in [-0.1, -0.05) is 29.8 Å². The van der Waals surface area contributed by atoms with Crippen LogP contribution in [0.15, 0.2) is 36.4 Å². The summed E-state index contributed by atoms with van der Waals surface area (Å²) in [5.41, 5.74) is 7.46. The highest BCUT2D eigenvalue weighted by atomic mass is 19.1. The summed E-state index contributed by atoms with van der Waals surface area (Å²) in [5, 5.41) is 0. The Labute approximate surface area is 92.5 Å². The third kappa shape index (κ3) is 1.89. The lowest BCUT2D eigenvalue weighted by Gasteiger charge is -2.06. The van der Waals surface area contributed by atoms with Gasteiger partial charge in [0.25, 0.3) is 0 Å². The Bertz CT molecular complexity index is 518. The van der Waals surface area contributed by atoms with Gasteiger partial charge in [0.05, 0.1) is 5.69 Å². The van der Waals surface area contributed by atoms with Crippen LogP contribution in [-0.2, 0) is 0 Å². The largest absolute Gasteiger partial charge is 0.396 e. The SMILES string of the molecule is Cc1ccc(-c2cc(N)c(F)cc2F)cc1. The van der Waals surface area contributed by atoms with Gasteiger partial charge in [-0.3, -0.25) is 0 Å². The average molecular weight is 219 g/mol. The van der Waals surface area contributed by atoms with Crippen LogP contribution in [0.2, 0.25) is 0 Å². The first kappa shape index (κ1) is 10.6. The molecule has 0 spiro atoms. The third-order valence-electron chi connectivity index (χ3n) is 2.45. The highest BCUT2D eigenvalue weighted by Gasteiger charge is 2.09. The number of halogens is 2. The number of aryl methyl sites for hydroxylation is 1. The summed E-state index contributed by atoms with van der Waals surface area (Å²) in [6.45, 7) is 1.94. The van der Waals surface area contributed by atoms with E-state index in [-0.39, 0.29) is 5.69 Å². The molecule has 2 aromatic carbocycles. The standard InChI is InChI=1S/C13H11F2N/c1-8-2-4-9(5-3-8)10-6-13(16)12(15)7-11(10)14/h2-7H,16H2,1H3. The van der Waals surface area contributed by atoms with Crippen LogP contribution in [0.5, 0.6) is 0 Å². The zero-order valence-corrected chi connectivity index (χ0v) is 8.80. The predicted octanol–water partition coefficient (Wildman–Crippen LogP) is 3.52. The van der Waals surface area contributed by atoms with Crippen LogP contribution in [0.4, 0.5) is 14.5 Å². The first-order chi connectivity index (χ1) is 7.58. The topological polar surface area (TPSA) is 26.0 Å². The molecule has 2 rings (SSSR count). The molecule has 0 amide bonds. The van der Waals surface area contributed by atoms with E-state index in [2.05, 4.69) is 0 Å². The van der Waals surface area contributed by atoms with E-state index in [1.165, 1.54) is 6.07 Å². The van der Waals surface area contributed by atoms with Crippen LogP contribution in [0.3, 0.4) is 0 Å². The molecule has 0 heterocycles. The fraction of sp³-hybridized carbons (Fsp3) is 0.0769. The van der Waals surface area contributed by atoms with E-state index in [1.807, 2.05) is 19.1 Å². The second-order valence-corrected chi connectivity index (χ2v) is 3.72. The minimum Gasteiger partial charge on any atom is -0.396 e. The molecule has 0 bridgehead atoms. The normalized spacial score (nSPS) is 10.4.